The molecule has 2 aromatic carbocycles. The van der Waals surface area contributed by atoms with Crippen molar-refractivity contribution in [2.45, 2.75) is 0 Å². The number of benzene rings is 2. The van der Waals surface area contributed by atoms with Crippen LogP contribution in [0.4, 0.5) is 22.0 Å². The topological polar surface area (TPSA) is 34.1 Å². The Morgan fingerprint density at radius 1 is 0.818 bits per heavy atom. The first-order valence-electron chi connectivity index (χ1n) is 5.89. The summed E-state index contributed by atoms with van der Waals surface area (Å²) in [5, 5.41) is -0.0519. The molecule has 22 heavy (non-hydrogen) atoms. The van der Waals surface area contributed by atoms with E-state index >= 15 is 0 Å². The summed E-state index contributed by atoms with van der Waals surface area (Å²) in [4.78, 5) is 12.1. The van der Waals surface area contributed by atoms with Gasteiger partial charge < -0.3 is 4.57 Å². The lowest BCUT2D eigenvalue weighted by molar-refractivity contribution is 0.106. The molecule has 0 aromatic heterocycles. The van der Waals surface area contributed by atoms with Gasteiger partial charge in [0, 0.05) is 12.0 Å². The molecule has 0 saturated carbocycles. The van der Waals surface area contributed by atoms with Crippen LogP contribution in [0.5, 0.6) is 0 Å². The predicted molar refractivity (Wildman–Crippen MR) is 70.2 cm³/mol. The van der Waals surface area contributed by atoms with Gasteiger partial charge >= 0.3 is 0 Å². The van der Waals surface area contributed by atoms with Gasteiger partial charge in [-0.15, -0.1) is 0 Å². The Morgan fingerprint density at radius 2 is 1.23 bits per heavy atom. The van der Waals surface area contributed by atoms with Crippen LogP contribution in [0.1, 0.15) is 10.4 Å². The molecule has 1 unspecified atom stereocenters. The van der Waals surface area contributed by atoms with Gasteiger partial charge in [-0.3, -0.25) is 4.79 Å². The Balaban J connectivity index is 2.68. The van der Waals surface area contributed by atoms with E-state index in [2.05, 4.69) is 0 Å². The number of halogens is 5. The fraction of sp³-hybridized carbons (Fsp3) is 0.0714. The first kappa shape index (κ1) is 16.4. The average molecular weight is 334 g/mol. The smallest absolute Gasteiger partial charge is 0.231 e. The normalized spacial score (nSPS) is 13.7. The first-order chi connectivity index (χ1) is 10.2. The number of rotatable bonds is 3. The molecule has 8 heteroatoms. The molecule has 2 aromatic rings. The second kappa shape index (κ2) is 5.65. The second-order valence-electron chi connectivity index (χ2n) is 4.51. The van der Waals surface area contributed by atoms with E-state index in [9.17, 15) is 31.3 Å². The Bertz CT molecular complexity index is 776. The Kier molecular flexibility index (Phi) is 4.20. The fourth-order valence-electron chi connectivity index (χ4n) is 1.84. The molecule has 0 saturated heterocycles. The third-order valence-electron chi connectivity index (χ3n) is 3.06. The minimum absolute atomic E-state index is 0.0519. The molecule has 2 rings (SSSR count). The van der Waals surface area contributed by atoms with Crippen LogP contribution in [-0.2, 0) is 4.57 Å². The molecule has 0 aliphatic carbocycles. The molecular formula is C14H8F5O2P. The third kappa shape index (κ3) is 2.46. The van der Waals surface area contributed by atoms with Crippen molar-refractivity contribution in [1.29, 1.82) is 0 Å². The molecule has 0 aliphatic heterocycles. The quantitative estimate of drug-likeness (QED) is 0.370. The van der Waals surface area contributed by atoms with E-state index in [0.29, 0.717) is 0 Å². The van der Waals surface area contributed by atoms with E-state index in [1.807, 2.05) is 0 Å². The predicted octanol–water partition coefficient (Wildman–Crippen LogP) is 3.84. The highest BCUT2D eigenvalue weighted by atomic mass is 31.2. The molecule has 0 amide bonds. The third-order valence-corrected chi connectivity index (χ3v) is 5.34. The Labute approximate surface area is 121 Å². The Hall–Kier alpha value is -2.01. The summed E-state index contributed by atoms with van der Waals surface area (Å²) in [6, 6.07) is 6.94. The van der Waals surface area contributed by atoms with Crippen LogP contribution >= 0.6 is 7.14 Å². The number of carbonyl (C=O) groups is 1. The van der Waals surface area contributed by atoms with Crippen molar-refractivity contribution >= 4 is 18.0 Å². The molecule has 0 heterocycles. The van der Waals surface area contributed by atoms with Crippen LogP contribution in [0.15, 0.2) is 30.3 Å². The molecule has 116 valence electrons. The van der Waals surface area contributed by atoms with Gasteiger partial charge in [0.2, 0.25) is 11.3 Å². The number of carbonyl (C=O) groups excluding carboxylic acids is 1. The molecule has 0 fully saturated rings. The maximum atomic E-state index is 13.6. The van der Waals surface area contributed by atoms with Gasteiger partial charge in [0.25, 0.3) is 0 Å². The van der Waals surface area contributed by atoms with E-state index in [0.717, 1.165) is 6.66 Å². The molecule has 0 radical (unpaired) electrons. The van der Waals surface area contributed by atoms with Crippen LogP contribution in [0.3, 0.4) is 0 Å². The van der Waals surface area contributed by atoms with E-state index < -0.39 is 47.3 Å². The minimum atomic E-state index is -4.04. The molecule has 0 spiro atoms. The molecule has 0 aliphatic rings. The monoisotopic (exact) mass is 334 g/mol. The zero-order chi connectivity index (χ0) is 16.7. The largest absolute Gasteiger partial charge is 0.310 e. The van der Waals surface area contributed by atoms with Crippen LogP contribution in [0.25, 0.3) is 0 Å². The van der Waals surface area contributed by atoms with Crippen LogP contribution in [0.2, 0.25) is 0 Å². The van der Waals surface area contributed by atoms with Gasteiger partial charge in [-0.25, -0.2) is 22.0 Å². The zero-order valence-electron chi connectivity index (χ0n) is 11.0. The van der Waals surface area contributed by atoms with Gasteiger partial charge in [-0.2, -0.15) is 0 Å². The van der Waals surface area contributed by atoms with E-state index in [1.165, 1.54) is 24.3 Å². The summed E-state index contributed by atoms with van der Waals surface area (Å²) in [7, 11) is -4.04. The van der Waals surface area contributed by atoms with Crippen molar-refractivity contribution in [3.05, 3.63) is 65.0 Å². The van der Waals surface area contributed by atoms with Crippen molar-refractivity contribution < 1.29 is 31.3 Å². The fourth-order valence-corrected chi connectivity index (χ4v) is 3.43. The molecule has 2 nitrogen and oxygen atoms in total. The van der Waals surface area contributed by atoms with Crippen molar-refractivity contribution in [1.82, 2.24) is 0 Å². The van der Waals surface area contributed by atoms with Gasteiger partial charge in [0.1, 0.15) is 5.56 Å². The maximum Gasteiger partial charge on any atom is 0.231 e. The highest BCUT2D eigenvalue weighted by Gasteiger charge is 2.37. The van der Waals surface area contributed by atoms with Crippen molar-refractivity contribution in [3.8, 4) is 0 Å². The van der Waals surface area contributed by atoms with E-state index in [4.69, 9.17) is 0 Å². The summed E-state index contributed by atoms with van der Waals surface area (Å²) < 4.78 is 79.1. The minimum Gasteiger partial charge on any atom is -0.310 e. The lowest BCUT2D eigenvalue weighted by Gasteiger charge is -2.14. The van der Waals surface area contributed by atoms with Crippen LogP contribution in [-0.4, -0.2) is 12.2 Å². The number of hydrogen-bond donors (Lipinski definition) is 0. The Morgan fingerprint density at radius 3 is 1.68 bits per heavy atom. The van der Waals surface area contributed by atoms with E-state index in [1.54, 1.807) is 6.07 Å². The summed E-state index contributed by atoms with van der Waals surface area (Å²) in [5.74, 6) is -11.5. The highest BCUT2D eigenvalue weighted by Crippen LogP contribution is 2.45. The SMILES string of the molecule is CP(=O)(C(=O)c1c(F)c(F)c(F)c(F)c1F)c1ccccc1. The van der Waals surface area contributed by atoms with Crippen molar-refractivity contribution in [2.75, 3.05) is 6.66 Å². The maximum absolute atomic E-state index is 13.6. The molecule has 1 atom stereocenters. The molecule has 0 N–H and O–H groups in total. The first-order valence-corrected chi connectivity index (χ1v) is 8.04. The standard InChI is InChI=1S/C14H8F5O2P/c1-22(21,7-5-3-2-4-6-7)14(20)8-9(15)11(17)13(19)12(18)10(8)16/h2-6H,1H3. The van der Waals surface area contributed by atoms with Gasteiger partial charge in [-0.1, -0.05) is 30.3 Å². The summed E-state index contributed by atoms with van der Waals surface area (Å²) in [6.45, 7) is 0.905. The molecule has 0 bridgehead atoms. The van der Waals surface area contributed by atoms with Crippen LogP contribution in [0, 0.1) is 29.1 Å². The summed E-state index contributed by atoms with van der Waals surface area (Å²) in [6.07, 6.45) is 0. The average Bonchev–Trinajstić information content (AvgIpc) is 2.52. The lowest BCUT2D eigenvalue weighted by Crippen LogP contribution is -2.17. The van der Waals surface area contributed by atoms with Crippen molar-refractivity contribution in [2.24, 2.45) is 0 Å². The lowest BCUT2D eigenvalue weighted by atomic mass is 10.2. The summed E-state index contributed by atoms with van der Waals surface area (Å²) in [5.41, 5.74) is -3.32. The van der Waals surface area contributed by atoms with Gasteiger partial charge in [-0.05, 0) is 0 Å². The zero-order valence-corrected chi connectivity index (χ0v) is 11.9. The van der Waals surface area contributed by atoms with Gasteiger partial charge in [0.05, 0.1) is 0 Å². The number of hydrogen-bond acceptors (Lipinski definition) is 2. The second-order valence-corrected chi connectivity index (χ2v) is 7.28. The van der Waals surface area contributed by atoms with E-state index in [-0.39, 0.29) is 5.30 Å². The molecular weight excluding hydrogens is 326 g/mol. The summed E-state index contributed by atoms with van der Waals surface area (Å²) >= 11 is 0. The van der Waals surface area contributed by atoms with Gasteiger partial charge in [0.15, 0.2) is 30.4 Å². The highest BCUT2D eigenvalue weighted by molar-refractivity contribution is 7.86. The van der Waals surface area contributed by atoms with Crippen LogP contribution < -0.4 is 5.30 Å². The van der Waals surface area contributed by atoms with Crippen molar-refractivity contribution in [3.63, 3.8) is 0 Å².